The summed E-state index contributed by atoms with van der Waals surface area (Å²) in [5.41, 5.74) is 4.95. The standard InChI is InChI=1S/C15H11F5N4O.C14H9F5N4O.C14H10F4N4O.C13H8F3N3O.CH4/c1-8-3-4-9(25-15(18,19)20)7-10(8)11-5-6-12-21-22-13(14(2,16)17)24(12)23-11;1-13(15,16)11-21-22-12-20-6-9(7-23(11)12)8-2-4-10(5-3-8)24-14(17,18)19;1-8(15)13-21-20-12-6-19-11(7-22(12)13)9-2-4-10(5-3-9)23-14(16,17)18;14-13(15,16)20-11-3-1-9(2-4-11)10-7-18-12-17-5-6-19(12)8-10;/h3-7H,1-2H3;2-7H,1H3;2-8H,1H3;1-8H;1H4. The number of imidazole rings is 1. The van der Waals surface area contributed by atoms with Crippen molar-refractivity contribution in [2.75, 3.05) is 0 Å². The lowest BCUT2D eigenvalue weighted by Crippen LogP contribution is -2.17. The lowest BCUT2D eigenvalue weighted by molar-refractivity contribution is -0.275. The van der Waals surface area contributed by atoms with Crippen molar-refractivity contribution < 1.29 is 93.6 Å². The Labute approximate surface area is 510 Å². The molecular weight excluding hydrogens is 1280 g/mol. The van der Waals surface area contributed by atoms with Crippen molar-refractivity contribution in [2.45, 2.75) is 78.6 Å². The molecule has 0 N–H and O–H groups in total. The van der Waals surface area contributed by atoms with E-state index in [-0.39, 0.29) is 47.6 Å². The third-order valence-corrected chi connectivity index (χ3v) is 12.2. The predicted molar refractivity (Wildman–Crippen MR) is 294 cm³/mol. The van der Waals surface area contributed by atoms with Crippen molar-refractivity contribution in [1.82, 2.24) is 73.3 Å². The van der Waals surface area contributed by atoms with Gasteiger partial charge in [0.05, 0.1) is 17.6 Å². The average molecular weight is 1320 g/mol. The molecule has 488 valence electrons. The fraction of sp³-hybridized carbons (Fsp3) is 0.211. The van der Waals surface area contributed by atoms with Gasteiger partial charge in [-0.25, -0.2) is 19.3 Å². The molecule has 0 aliphatic rings. The molecule has 0 radical (unpaired) electrons. The van der Waals surface area contributed by atoms with E-state index < -0.39 is 60.9 Å². The van der Waals surface area contributed by atoms with Crippen LogP contribution in [0.3, 0.4) is 0 Å². The summed E-state index contributed by atoms with van der Waals surface area (Å²) in [4.78, 5) is 16.2. The number of halogens is 17. The van der Waals surface area contributed by atoms with E-state index in [0.29, 0.717) is 58.8 Å². The van der Waals surface area contributed by atoms with Gasteiger partial charge < -0.3 is 18.9 Å². The molecule has 36 heteroatoms. The second-order valence-electron chi connectivity index (χ2n) is 19.2. The summed E-state index contributed by atoms with van der Waals surface area (Å²) in [5.74, 6) is -8.45. The monoisotopic (exact) mass is 1320 g/mol. The van der Waals surface area contributed by atoms with Crippen molar-refractivity contribution in [3.05, 3.63) is 176 Å². The number of rotatable bonds is 11. The highest BCUT2D eigenvalue weighted by Crippen LogP contribution is 2.34. The highest BCUT2D eigenvalue weighted by atomic mass is 19.4. The lowest BCUT2D eigenvalue weighted by Gasteiger charge is -2.12. The minimum Gasteiger partial charge on any atom is -0.406 e. The molecule has 0 saturated carbocycles. The van der Waals surface area contributed by atoms with Gasteiger partial charge in [-0.15, -0.1) is 83.3 Å². The number of hydrogen-bond acceptors (Lipinski definition) is 15. The predicted octanol–water partition coefficient (Wildman–Crippen LogP) is 15.6. The van der Waals surface area contributed by atoms with Gasteiger partial charge in [-0.1, -0.05) is 37.8 Å². The van der Waals surface area contributed by atoms with E-state index in [0.717, 1.165) is 44.3 Å². The average Bonchev–Trinajstić information content (AvgIpc) is 1.72. The summed E-state index contributed by atoms with van der Waals surface area (Å²) in [6.45, 7) is 4.32. The Hall–Kier alpha value is -10.8. The molecule has 0 saturated heterocycles. The van der Waals surface area contributed by atoms with Crippen LogP contribution in [-0.2, 0) is 11.8 Å². The highest BCUT2D eigenvalue weighted by molar-refractivity contribution is 5.67. The molecule has 93 heavy (non-hydrogen) atoms. The summed E-state index contributed by atoms with van der Waals surface area (Å²) in [6.07, 6.45) is -7.95. The topological polar surface area (TPSA) is 196 Å². The van der Waals surface area contributed by atoms with Gasteiger partial charge in [0.25, 0.3) is 5.78 Å². The van der Waals surface area contributed by atoms with E-state index >= 15 is 0 Å². The Morgan fingerprint density at radius 1 is 0.430 bits per heavy atom. The number of hydrogen-bond donors (Lipinski definition) is 0. The number of aryl methyl sites for hydroxylation is 1. The van der Waals surface area contributed by atoms with Gasteiger partial charge in [-0.3, -0.25) is 18.2 Å². The summed E-state index contributed by atoms with van der Waals surface area (Å²) in [7, 11) is 0. The van der Waals surface area contributed by atoms with Crippen LogP contribution in [-0.4, -0.2) is 98.8 Å². The number of ether oxygens (including phenoxy) is 4. The van der Waals surface area contributed by atoms with Crippen LogP contribution >= 0.6 is 0 Å². The van der Waals surface area contributed by atoms with E-state index in [2.05, 4.69) is 74.6 Å². The van der Waals surface area contributed by atoms with Gasteiger partial charge in [0.2, 0.25) is 17.4 Å². The quantitative estimate of drug-likeness (QED) is 0.111. The second-order valence-corrected chi connectivity index (χ2v) is 19.2. The Morgan fingerprint density at radius 2 is 0.914 bits per heavy atom. The fourth-order valence-electron chi connectivity index (χ4n) is 8.25. The van der Waals surface area contributed by atoms with Gasteiger partial charge in [0.1, 0.15) is 23.0 Å². The molecular formula is C57H42F17N15O4. The molecule has 0 aliphatic heterocycles. The van der Waals surface area contributed by atoms with Crippen molar-refractivity contribution in [1.29, 1.82) is 0 Å². The summed E-state index contributed by atoms with van der Waals surface area (Å²) in [5, 5.41) is 25.6. The van der Waals surface area contributed by atoms with Gasteiger partial charge in [0.15, 0.2) is 23.3 Å². The first kappa shape index (κ1) is 68.1. The van der Waals surface area contributed by atoms with Gasteiger partial charge in [-0.2, -0.15) is 27.2 Å². The van der Waals surface area contributed by atoms with Crippen LogP contribution < -0.4 is 18.9 Å². The zero-order chi connectivity index (χ0) is 66.7. The third-order valence-electron chi connectivity index (χ3n) is 12.2. The molecule has 8 aromatic heterocycles. The maximum Gasteiger partial charge on any atom is 0.573 e. The molecule has 1 atom stereocenters. The first-order valence-electron chi connectivity index (χ1n) is 25.8. The highest BCUT2D eigenvalue weighted by Gasteiger charge is 2.36. The van der Waals surface area contributed by atoms with Gasteiger partial charge >= 0.3 is 37.3 Å². The zero-order valence-electron chi connectivity index (χ0n) is 46.8. The summed E-state index contributed by atoms with van der Waals surface area (Å²) < 4.78 is 234. The molecule has 0 bridgehead atoms. The van der Waals surface area contributed by atoms with E-state index in [1.54, 1.807) is 48.2 Å². The van der Waals surface area contributed by atoms with Crippen LogP contribution in [0.5, 0.6) is 23.0 Å². The molecule has 0 fully saturated rings. The molecule has 0 aliphatic carbocycles. The number of nitrogens with zero attached hydrogens (tertiary/aromatic N) is 15. The zero-order valence-corrected chi connectivity index (χ0v) is 46.8. The molecule has 12 rings (SSSR count). The Balaban J connectivity index is 0.000000159. The molecule has 0 amide bonds. The van der Waals surface area contributed by atoms with E-state index in [1.165, 1.54) is 103 Å². The normalized spacial score (nSPS) is 12.4. The van der Waals surface area contributed by atoms with Crippen LogP contribution in [0.25, 0.3) is 67.6 Å². The molecule has 8 heterocycles. The van der Waals surface area contributed by atoms with Crippen LogP contribution in [0.4, 0.5) is 74.6 Å². The van der Waals surface area contributed by atoms with Crippen LogP contribution in [0.2, 0.25) is 0 Å². The first-order chi connectivity index (χ1) is 43.0. The number of alkyl halides is 17. The minimum atomic E-state index is -4.84. The van der Waals surface area contributed by atoms with Crippen molar-refractivity contribution >= 4 is 22.8 Å². The third kappa shape index (κ3) is 17.8. The molecule has 19 nitrogen and oxygen atoms in total. The molecule has 1 unspecified atom stereocenters. The molecule has 0 spiro atoms. The Bertz CT molecular complexity index is 4500. The SMILES string of the molecule is C.CC(F)(F)c1nnc2ncc(-c3ccc(OC(F)(F)F)cc3)cn12.CC(F)c1nnc2cnc(-c3ccc(OC(F)(F)F)cc3)cn12.Cc1ccc(OC(F)(F)F)cc1-c1ccc2nnc(C(C)(F)F)n2n1.FC(F)(F)Oc1ccc(-c2cnc3nccn3c2)cc1. The number of fused-ring (bicyclic) bond motifs is 4. The van der Waals surface area contributed by atoms with Crippen molar-refractivity contribution in [3.8, 4) is 67.8 Å². The largest absolute Gasteiger partial charge is 0.573 e. The Morgan fingerprint density at radius 3 is 1.44 bits per heavy atom. The molecule has 4 aromatic carbocycles. The summed E-state index contributed by atoms with van der Waals surface area (Å²) >= 11 is 0. The van der Waals surface area contributed by atoms with Crippen LogP contribution in [0.15, 0.2) is 153 Å². The van der Waals surface area contributed by atoms with E-state index in [9.17, 15) is 74.6 Å². The smallest absolute Gasteiger partial charge is 0.406 e. The van der Waals surface area contributed by atoms with Gasteiger partial charge in [-0.05, 0) is 103 Å². The van der Waals surface area contributed by atoms with Crippen molar-refractivity contribution in [3.63, 3.8) is 0 Å². The van der Waals surface area contributed by atoms with Crippen LogP contribution in [0.1, 0.15) is 57.4 Å². The van der Waals surface area contributed by atoms with E-state index in [4.69, 9.17) is 0 Å². The maximum atomic E-state index is 13.6. The molecule has 12 aromatic rings. The second kappa shape index (κ2) is 26.5. The van der Waals surface area contributed by atoms with Gasteiger partial charge in [0, 0.05) is 79.5 Å². The maximum absolute atomic E-state index is 13.6. The van der Waals surface area contributed by atoms with Crippen LogP contribution in [0, 0.1) is 6.92 Å². The Kier molecular flexibility index (Phi) is 19.4. The van der Waals surface area contributed by atoms with E-state index in [1.807, 2.05) is 0 Å². The number of benzene rings is 4. The summed E-state index contributed by atoms with van der Waals surface area (Å²) in [6, 6.07) is 22.4. The number of aromatic nitrogens is 15. The first-order valence-corrected chi connectivity index (χ1v) is 25.8. The lowest BCUT2D eigenvalue weighted by atomic mass is 10.1. The fourth-order valence-corrected chi connectivity index (χ4v) is 8.25. The van der Waals surface area contributed by atoms with Crippen molar-refractivity contribution in [2.24, 2.45) is 0 Å². The minimum absolute atomic E-state index is 0.